The Kier molecular flexibility index (Phi) is 7.59. The molecule has 0 aliphatic carbocycles. The Morgan fingerprint density at radius 2 is 1.88 bits per heavy atom. The molecule has 0 saturated carbocycles. The highest BCUT2D eigenvalue weighted by Crippen LogP contribution is 2.29. The van der Waals surface area contributed by atoms with E-state index >= 15 is 0 Å². The zero-order chi connectivity index (χ0) is 29.1. The lowest BCUT2D eigenvalue weighted by Gasteiger charge is -2.39. The second kappa shape index (κ2) is 11.8. The fraction of sp³-hybridized carbons (Fsp3) is 0.250. The van der Waals surface area contributed by atoms with E-state index in [1.807, 2.05) is 48.5 Å². The Labute approximate surface area is 242 Å². The summed E-state index contributed by atoms with van der Waals surface area (Å²) in [5.74, 6) is 0.488. The molecule has 4 aromatic rings. The molecule has 10 heteroatoms. The second-order valence-electron chi connectivity index (χ2n) is 10.2. The lowest BCUT2D eigenvalue weighted by molar-refractivity contribution is -0.123. The van der Waals surface area contributed by atoms with Gasteiger partial charge in [0.25, 0.3) is 17.7 Å². The molecule has 2 N–H and O–H groups in total. The highest BCUT2D eigenvalue weighted by molar-refractivity contribution is 6.06. The maximum Gasteiger partial charge on any atom is 0.258 e. The van der Waals surface area contributed by atoms with Crippen molar-refractivity contribution in [1.82, 2.24) is 20.5 Å². The van der Waals surface area contributed by atoms with E-state index in [1.54, 1.807) is 35.4 Å². The van der Waals surface area contributed by atoms with Crippen LogP contribution in [0.25, 0.3) is 10.9 Å². The molecule has 42 heavy (non-hydrogen) atoms. The fourth-order valence-corrected chi connectivity index (χ4v) is 5.29. The SMILES string of the molecule is COc1ccc2cc1OCC(=O)NCc1ccc(cc1)O[C@@H]1CCN(C(=O)c3ccnc4ccccc34)C[C@@H]1NC2=O. The number of likely N-dealkylation sites (tertiary alicyclic amines) is 1. The van der Waals surface area contributed by atoms with Crippen molar-refractivity contribution < 1.29 is 28.6 Å². The van der Waals surface area contributed by atoms with Gasteiger partial charge in [-0.25, -0.2) is 0 Å². The van der Waals surface area contributed by atoms with Gasteiger partial charge >= 0.3 is 0 Å². The largest absolute Gasteiger partial charge is 0.493 e. The highest BCUT2D eigenvalue weighted by atomic mass is 16.5. The Hall–Kier alpha value is -5.12. The average Bonchev–Trinajstić information content (AvgIpc) is 3.03. The molecule has 3 aromatic carbocycles. The minimum Gasteiger partial charge on any atom is -0.493 e. The van der Waals surface area contributed by atoms with Crippen molar-refractivity contribution in [1.29, 1.82) is 0 Å². The number of aromatic nitrogens is 1. The zero-order valence-corrected chi connectivity index (χ0v) is 23.0. The Balaban J connectivity index is 1.31. The van der Waals surface area contributed by atoms with E-state index in [0.717, 1.165) is 16.5 Å². The van der Waals surface area contributed by atoms with Crippen LogP contribution in [-0.2, 0) is 11.3 Å². The van der Waals surface area contributed by atoms with E-state index in [1.165, 1.54) is 7.11 Å². The maximum absolute atomic E-state index is 13.8. The Morgan fingerprint density at radius 1 is 1.05 bits per heavy atom. The number of fused-ring (bicyclic) bond motifs is 8. The van der Waals surface area contributed by atoms with Crippen LogP contribution in [0.3, 0.4) is 0 Å². The third kappa shape index (κ3) is 5.69. The van der Waals surface area contributed by atoms with Crippen molar-refractivity contribution >= 4 is 28.6 Å². The number of methoxy groups -OCH3 is 1. The maximum atomic E-state index is 13.8. The summed E-state index contributed by atoms with van der Waals surface area (Å²) in [5, 5.41) is 6.69. The van der Waals surface area contributed by atoms with Crippen molar-refractivity contribution in [3.8, 4) is 17.2 Å². The van der Waals surface area contributed by atoms with E-state index in [0.29, 0.717) is 42.1 Å². The average molecular weight is 567 g/mol. The summed E-state index contributed by atoms with van der Waals surface area (Å²) in [6.45, 7) is 0.791. The van der Waals surface area contributed by atoms with Gasteiger partial charge in [0.05, 0.1) is 24.2 Å². The molecule has 1 saturated heterocycles. The van der Waals surface area contributed by atoms with Crippen LogP contribution in [0.5, 0.6) is 17.2 Å². The number of amides is 3. The molecule has 1 aromatic heterocycles. The van der Waals surface area contributed by atoms with Crippen molar-refractivity contribution in [3.63, 3.8) is 0 Å². The van der Waals surface area contributed by atoms with Gasteiger partial charge in [0.15, 0.2) is 18.1 Å². The Morgan fingerprint density at radius 3 is 2.71 bits per heavy atom. The van der Waals surface area contributed by atoms with Gasteiger partial charge in [-0.3, -0.25) is 19.4 Å². The number of nitrogens with zero attached hydrogens (tertiary/aromatic N) is 2. The van der Waals surface area contributed by atoms with Gasteiger partial charge in [0, 0.05) is 43.2 Å². The summed E-state index contributed by atoms with van der Waals surface area (Å²) in [6.07, 6.45) is 1.76. The van der Waals surface area contributed by atoms with Crippen LogP contribution in [0.15, 0.2) is 79.0 Å². The van der Waals surface area contributed by atoms with Crippen LogP contribution < -0.4 is 24.8 Å². The lowest BCUT2D eigenvalue weighted by atomic mass is 9.99. The topological polar surface area (TPSA) is 119 Å². The van der Waals surface area contributed by atoms with Gasteiger partial charge in [-0.2, -0.15) is 0 Å². The molecular formula is C32H30N4O6. The van der Waals surface area contributed by atoms with Crippen molar-refractivity contribution in [2.75, 3.05) is 26.8 Å². The quantitative estimate of drug-likeness (QED) is 0.382. The molecule has 3 amide bonds. The standard InChI is InChI=1S/C32H30N4O6/c1-40-28-11-8-21-16-29(28)41-19-30(37)34-17-20-6-9-22(10-7-20)42-27-13-15-36(18-26(27)35-31(21)38)32(39)24-12-14-33-25-5-3-2-4-23(24)25/h2-12,14,16,26-27H,13,15,17-19H2,1H3,(H,34,37)(H,35,38)/t26-,27+/m0/s1. The first-order chi connectivity index (χ1) is 20.5. The van der Waals surface area contributed by atoms with Crippen LogP contribution in [0.2, 0.25) is 0 Å². The predicted molar refractivity (Wildman–Crippen MR) is 155 cm³/mol. The number of pyridine rings is 1. The smallest absolute Gasteiger partial charge is 0.258 e. The van der Waals surface area contributed by atoms with Gasteiger partial charge in [-0.05, 0) is 48.0 Å². The van der Waals surface area contributed by atoms with E-state index in [-0.39, 0.29) is 42.7 Å². The van der Waals surface area contributed by atoms with Gasteiger partial charge in [-0.15, -0.1) is 0 Å². The minimum absolute atomic E-state index is 0.133. The molecule has 3 aliphatic heterocycles. The molecular weight excluding hydrogens is 536 g/mol. The molecule has 0 unspecified atom stereocenters. The molecule has 2 atom stereocenters. The van der Waals surface area contributed by atoms with Crippen molar-refractivity contribution in [3.05, 3.63) is 95.7 Å². The molecule has 4 heterocycles. The molecule has 1 fully saturated rings. The van der Waals surface area contributed by atoms with Crippen molar-refractivity contribution in [2.45, 2.75) is 25.1 Å². The second-order valence-corrected chi connectivity index (χ2v) is 10.2. The number of nitrogens with one attached hydrogen (secondary N) is 2. The zero-order valence-electron chi connectivity index (χ0n) is 23.0. The normalized spacial score (nSPS) is 19.0. The van der Waals surface area contributed by atoms with E-state index in [4.69, 9.17) is 14.2 Å². The number of hydrogen-bond acceptors (Lipinski definition) is 7. The monoisotopic (exact) mass is 566 g/mol. The fourth-order valence-electron chi connectivity index (χ4n) is 5.29. The number of para-hydroxylation sites is 1. The molecule has 7 rings (SSSR count). The number of carbonyl (C=O) groups excluding carboxylic acids is 3. The number of ether oxygens (including phenoxy) is 3. The van der Waals surface area contributed by atoms with Gasteiger partial charge in [0.1, 0.15) is 11.9 Å². The van der Waals surface area contributed by atoms with Crippen molar-refractivity contribution in [2.24, 2.45) is 0 Å². The number of carbonyl (C=O) groups is 3. The summed E-state index contributed by atoms with van der Waals surface area (Å²) in [6, 6.07) is 21.0. The van der Waals surface area contributed by atoms with Crippen LogP contribution in [0.1, 0.15) is 32.7 Å². The van der Waals surface area contributed by atoms with Crippen LogP contribution in [0, 0.1) is 0 Å². The van der Waals surface area contributed by atoms with E-state index < -0.39 is 6.04 Å². The summed E-state index contributed by atoms with van der Waals surface area (Å²) in [4.78, 5) is 45.8. The summed E-state index contributed by atoms with van der Waals surface area (Å²) >= 11 is 0. The van der Waals surface area contributed by atoms with Gasteiger partial charge in [-0.1, -0.05) is 30.3 Å². The lowest BCUT2D eigenvalue weighted by Crippen LogP contribution is -2.58. The molecule has 3 aliphatic rings. The first kappa shape index (κ1) is 27.1. The highest BCUT2D eigenvalue weighted by Gasteiger charge is 2.35. The number of piperidine rings is 1. The molecule has 214 valence electrons. The first-order valence-corrected chi connectivity index (χ1v) is 13.8. The third-order valence-corrected chi connectivity index (χ3v) is 7.52. The summed E-state index contributed by atoms with van der Waals surface area (Å²) in [7, 11) is 1.49. The third-order valence-electron chi connectivity index (χ3n) is 7.52. The molecule has 4 bridgehead atoms. The van der Waals surface area contributed by atoms with Gasteiger partial charge in [0.2, 0.25) is 0 Å². The van der Waals surface area contributed by atoms with Crippen LogP contribution in [-0.4, -0.2) is 66.6 Å². The van der Waals surface area contributed by atoms with Gasteiger partial charge < -0.3 is 29.7 Å². The van der Waals surface area contributed by atoms with Crippen LogP contribution in [0.4, 0.5) is 0 Å². The molecule has 0 spiro atoms. The molecule has 10 nitrogen and oxygen atoms in total. The van der Waals surface area contributed by atoms with E-state index in [2.05, 4.69) is 15.6 Å². The summed E-state index contributed by atoms with van der Waals surface area (Å²) in [5.41, 5.74) is 2.52. The Bertz CT molecular complexity index is 1630. The number of hydrogen-bond donors (Lipinski definition) is 2. The predicted octanol–water partition coefficient (Wildman–Crippen LogP) is 3.34. The first-order valence-electron chi connectivity index (χ1n) is 13.8. The van der Waals surface area contributed by atoms with Crippen LogP contribution >= 0.6 is 0 Å². The molecule has 0 radical (unpaired) electrons. The number of benzene rings is 3. The summed E-state index contributed by atoms with van der Waals surface area (Å²) < 4.78 is 17.5. The van der Waals surface area contributed by atoms with E-state index in [9.17, 15) is 14.4 Å². The minimum atomic E-state index is -0.506. The number of rotatable bonds is 2.